The molecule has 0 bridgehead atoms. The fraction of sp³-hybridized carbons (Fsp3) is 0.333. The Balaban J connectivity index is 2.37. The van der Waals surface area contributed by atoms with E-state index in [0.717, 1.165) is 17.7 Å². The molecule has 1 unspecified atom stereocenters. The number of hydrogen-bond acceptors (Lipinski definition) is 2. The molecule has 1 N–H and O–H groups in total. The Morgan fingerprint density at radius 2 is 1.71 bits per heavy atom. The summed E-state index contributed by atoms with van der Waals surface area (Å²) in [6.07, 6.45) is 0.870. The van der Waals surface area contributed by atoms with E-state index in [1.807, 2.05) is 6.07 Å². The van der Waals surface area contributed by atoms with Crippen LogP contribution in [0.2, 0.25) is 0 Å². The topological polar surface area (TPSA) is 29.5 Å². The Bertz CT molecular complexity index is 625. The number of aryl methyl sites for hydroxylation is 2. The third-order valence-corrected chi connectivity index (χ3v) is 4.17. The monoisotopic (exact) mass is 302 g/mol. The van der Waals surface area contributed by atoms with Crippen LogP contribution in [0.15, 0.2) is 30.3 Å². The van der Waals surface area contributed by atoms with Gasteiger partial charge in [-0.05, 0) is 72.2 Å². The van der Waals surface area contributed by atoms with Gasteiger partial charge < -0.3 is 9.63 Å². The first-order valence-electron chi connectivity index (χ1n) is 7.21. The second-order valence-electron chi connectivity index (χ2n) is 5.88. The van der Waals surface area contributed by atoms with E-state index in [4.69, 9.17) is 4.52 Å². The van der Waals surface area contributed by atoms with Crippen LogP contribution in [0.4, 0.5) is 0 Å². The third-order valence-electron chi connectivity index (χ3n) is 3.90. The highest BCUT2D eigenvalue weighted by Gasteiger charge is 2.10. The van der Waals surface area contributed by atoms with E-state index in [0.29, 0.717) is 11.7 Å². The summed E-state index contributed by atoms with van der Waals surface area (Å²) in [5.41, 5.74) is 6.01. The second-order valence-corrected chi connectivity index (χ2v) is 6.11. The lowest BCUT2D eigenvalue weighted by atomic mass is 9.93. The maximum atomic E-state index is 9.93. The fourth-order valence-electron chi connectivity index (χ4n) is 2.68. The number of aromatic hydroxyl groups is 1. The lowest BCUT2D eigenvalue weighted by Gasteiger charge is -2.14. The molecule has 0 aliphatic heterocycles. The maximum Gasteiger partial charge on any atom is 0.123 e. The van der Waals surface area contributed by atoms with Crippen LogP contribution in [0.25, 0.3) is 0 Å². The molecule has 0 saturated heterocycles. The zero-order valence-electron chi connectivity index (χ0n) is 13.1. The first kappa shape index (κ1) is 15.9. The summed E-state index contributed by atoms with van der Waals surface area (Å²) in [5.74, 6) is 1.57. The van der Waals surface area contributed by atoms with Gasteiger partial charge in [-0.1, -0.05) is 26.0 Å². The van der Waals surface area contributed by atoms with Crippen LogP contribution in [0, 0.1) is 13.8 Å². The van der Waals surface area contributed by atoms with Crippen molar-refractivity contribution in [1.29, 1.82) is 0 Å². The second kappa shape index (κ2) is 6.49. The molecule has 1 atom stereocenters. The smallest absolute Gasteiger partial charge is 0.123 e. The number of phenols is 1. The summed E-state index contributed by atoms with van der Waals surface area (Å²) in [7, 11) is 2.29. The van der Waals surface area contributed by atoms with Crippen LogP contribution in [-0.2, 0) is 6.42 Å². The van der Waals surface area contributed by atoms with Gasteiger partial charge in [-0.2, -0.15) is 0 Å². The zero-order chi connectivity index (χ0) is 15.6. The molecule has 0 aromatic heterocycles. The minimum atomic E-state index is 0.319. The molecule has 2 aromatic carbocycles. The highest BCUT2D eigenvalue weighted by molar-refractivity contribution is 7.10. The minimum absolute atomic E-state index is 0.319. The van der Waals surface area contributed by atoms with Gasteiger partial charge in [0.05, 0.1) is 9.47 Å². The summed E-state index contributed by atoms with van der Waals surface area (Å²) in [6.45, 7) is 8.42. The lowest BCUT2D eigenvalue weighted by molar-refractivity contribution is 0.464. The Hall–Kier alpha value is -1.53. The molecule has 2 aromatic rings. The van der Waals surface area contributed by atoms with Gasteiger partial charge in [0.1, 0.15) is 11.5 Å². The van der Waals surface area contributed by atoms with Crippen LogP contribution in [-0.4, -0.2) is 5.11 Å². The molecule has 0 saturated carbocycles. The highest BCUT2D eigenvalue weighted by atomic mass is 31.0. The molecule has 0 radical (unpaired) electrons. The Kier molecular flexibility index (Phi) is 4.90. The molecular formula is C18H23O2P. The highest BCUT2D eigenvalue weighted by Crippen LogP contribution is 2.29. The normalized spacial score (nSPS) is 11.0. The molecule has 0 aliphatic rings. The summed E-state index contributed by atoms with van der Waals surface area (Å²) in [4.78, 5) is 0. The summed E-state index contributed by atoms with van der Waals surface area (Å²) < 4.78 is 5.23. The van der Waals surface area contributed by atoms with E-state index in [1.165, 1.54) is 22.3 Å². The molecule has 3 heteroatoms. The molecule has 2 nitrogen and oxygen atoms in total. The number of benzene rings is 2. The van der Waals surface area contributed by atoms with Crippen molar-refractivity contribution >= 4 is 9.47 Å². The Labute approximate surface area is 129 Å². The first-order valence-corrected chi connectivity index (χ1v) is 7.68. The van der Waals surface area contributed by atoms with Crippen molar-refractivity contribution in [3.05, 3.63) is 58.1 Å². The van der Waals surface area contributed by atoms with Crippen LogP contribution in [0.3, 0.4) is 0 Å². The molecule has 0 fully saturated rings. The molecule has 112 valence electrons. The maximum absolute atomic E-state index is 9.93. The van der Waals surface area contributed by atoms with Gasteiger partial charge >= 0.3 is 0 Å². The summed E-state index contributed by atoms with van der Waals surface area (Å²) in [6, 6.07) is 10.0. The van der Waals surface area contributed by atoms with E-state index >= 15 is 0 Å². The van der Waals surface area contributed by atoms with Crippen molar-refractivity contribution in [2.45, 2.75) is 40.0 Å². The molecular weight excluding hydrogens is 279 g/mol. The van der Waals surface area contributed by atoms with Crippen LogP contribution in [0.5, 0.6) is 11.5 Å². The van der Waals surface area contributed by atoms with Crippen molar-refractivity contribution in [3.63, 3.8) is 0 Å². The van der Waals surface area contributed by atoms with Gasteiger partial charge in [-0.15, -0.1) is 0 Å². The predicted octanol–water partition coefficient (Wildman–Crippen LogP) is 4.89. The average molecular weight is 302 g/mol. The SMILES string of the molecule is Cc1cc(OP)cc(C)c1Cc1ccc(O)c(C(C)C)c1. The molecule has 2 rings (SSSR count). The van der Waals surface area contributed by atoms with Gasteiger partial charge in [0, 0.05) is 0 Å². The van der Waals surface area contributed by atoms with Crippen molar-refractivity contribution < 1.29 is 9.63 Å². The summed E-state index contributed by atoms with van der Waals surface area (Å²) in [5, 5.41) is 9.93. The average Bonchev–Trinajstić information content (AvgIpc) is 2.43. The van der Waals surface area contributed by atoms with Crippen LogP contribution < -0.4 is 4.52 Å². The number of rotatable bonds is 4. The van der Waals surface area contributed by atoms with Gasteiger partial charge in [-0.3, -0.25) is 0 Å². The molecule has 0 spiro atoms. The van der Waals surface area contributed by atoms with Gasteiger partial charge in [0.2, 0.25) is 0 Å². The van der Waals surface area contributed by atoms with E-state index in [1.54, 1.807) is 6.07 Å². The predicted molar refractivity (Wildman–Crippen MR) is 91.3 cm³/mol. The van der Waals surface area contributed by atoms with Crippen molar-refractivity contribution in [2.24, 2.45) is 0 Å². The summed E-state index contributed by atoms with van der Waals surface area (Å²) >= 11 is 0. The minimum Gasteiger partial charge on any atom is -0.508 e. The molecule has 0 aliphatic carbocycles. The lowest BCUT2D eigenvalue weighted by Crippen LogP contribution is -1.98. The largest absolute Gasteiger partial charge is 0.508 e. The van der Waals surface area contributed by atoms with E-state index in [2.05, 4.69) is 55.4 Å². The first-order chi connectivity index (χ1) is 9.92. The standard InChI is InChI=1S/C18H23O2P/c1-11(2)16-9-14(5-6-18(16)19)10-17-12(3)7-15(20-21)8-13(17)4/h5-9,11,19H,10,21H2,1-4H3. The molecule has 0 heterocycles. The number of phenolic OH excluding ortho intramolecular Hbond substituents is 1. The van der Waals surface area contributed by atoms with Gasteiger partial charge in [0.15, 0.2) is 0 Å². The van der Waals surface area contributed by atoms with Crippen LogP contribution >= 0.6 is 9.47 Å². The molecule has 0 amide bonds. The van der Waals surface area contributed by atoms with E-state index in [9.17, 15) is 5.11 Å². The zero-order valence-corrected chi connectivity index (χ0v) is 14.3. The van der Waals surface area contributed by atoms with Gasteiger partial charge in [-0.25, -0.2) is 0 Å². The van der Waals surface area contributed by atoms with Crippen molar-refractivity contribution in [2.75, 3.05) is 0 Å². The van der Waals surface area contributed by atoms with Crippen molar-refractivity contribution in [1.82, 2.24) is 0 Å². The van der Waals surface area contributed by atoms with Crippen molar-refractivity contribution in [3.8, 4) is 11.5 Å². The van der Waals surface area contributed by atoms with E-state index in [-0.39, 0.29) is 0 Å². The van der Waals surface area contributed by atoms with Crippen LogP contribution in [0.1, 0.15) is 47.6 Å². The Morgan fingerprint density at radius 1 is 1.10 bits per heavy atom. The Morgan fingerprint density at radius 3 is 2.24 bits per heavy atom. The van der Waals surface area contributed by atoms with Gasteiger partial charge in [0.25, 0.3) is 0 Å². The number of hydrogen-bond donors (Lipinski definition) is 1. The quantitative estimate of drug-likeness (QED) is 0.815. The molecule has 21 heavy (non-hydrogen) atoms. The third kappa shape index (κ3) is 3.57. The van der Waals surface area contributed by atoms with E-state index < -0.39 is 0 Å². The fourth-order valence-corrected chi connectivity index (χ4v) is 2.82.